The Morgan fingerprint density at radius 3 is 2.88 bits per heavy atom. The lowest BCUT2D eigenvalue weighted by atomic mass is 10.2. The van der Waals surface area contributed by atoms with Crippen molar-refractivity contribution >= 4 is 17.6 Å². The number of hydrogen-bond donors (Lipinski definition) is 1. The number of hydrogen-bond acceptors (Lipinski definition) is 3. The molecule has 4 nitrogen and oxygen atoms in total. The summed E-state index contributed by atoms with van der Waals surface area (Å²) in [7, 11) is 0. The average Bonchev–Trinajstić information content (AvgIpc) is 2.26. The third-order valence-electron chi connectivity index (χ3n) is 2.16. The number of carboxylic acid groups (broad SMARTS) is 1. The standard InChI is InChI=1S/C12H12ClNO3/c1-8(2-5-12(15)16)17-10-4-3-9(7-14)11(13)6-10/h3-4,6,8H,2,5H2,1H3,(H,15,16). The van der Waals surface area contributed by atoms with Gasteiger partial charge in [0, 0.05) is 12.5 Å². The predicted molar refractivity (Wildman–Crippen MR) is 63.1 cm³/mol. The summed E-state index contributed by atoms with van der Waals surface area (Å²) in [5.74, 6) is -0.315. The van der Waals surface area contributed by atoms with Crippen LogP contribution in [0.4, 0.5) is 0 Å². The molecule has 1 N–H and O–H groups in total. The molecule has 1 aromatic rings. The molecule has 5 heteroatoms. The van der Waals surface area contributed by atoms with Crippen LogP contribution in [0.25, 0.3) is 0 Å². The van der Waals surface area contributed by atoms with Gasteiger partial charge in [-0.1, -0.05) is 11.6 Å². The van der Waals surface area contributed by atoms with Crippen molar-refractivity contribution in [2.75, 3.05) is 0 Å². The number of carbonyl (C=O) groups is 1. The van der Waals surface area contributed by atoms with Gasteiger partial charge in [0.2, 0.25) is 0 Å². The summed E-state index contributed by atoms with van der Waals surface area (Å²) < 4.78 is 5.49. The van der Waals surface area contributed by atoms with Gasteiger partial charge in [0.25, 0.3) is 0 Å². The maximum Gasteiger partial charge on any atom is 0.303 e. The van der Waals surface area contributed by atoms with Crippen molar-refractivity contribution in [3.8, 4) is 11.8 Å². The van der Waals surface area contributed by atoms with E-state index in [0.717, 1.165) is 0 Å². The number of nitriles is 1. The van der Waals surface area contributed by atoms with Crippen LogP contribution in [0.3, 0.4) is 0 Å². The Morgan fingerprint density at radius 2 is 2.35 bits per heavy atom. The highest BCUT2D eigenvalue weighted by Crippen LogP contribution is 2.23. The Hall–Kier alpha value is -1.73. The zero-order valence-electron chi connectivity index (χ0n) is 9.31. The zero-order valence-corrected chi connectivity index (χ0v) is 10.1. The first kappa shape index (κ1) is 13.3. The number of aliphatic carboxylic acids is 1. The molecule has 1 rings (SSSR count). The highest BCUT2D eigenvalue weighted by Gasteiger charge is 2.08. The fraction of sp³-hybridized carbons (Fsp3) is 0.333. The molecule has 0 saturated heterocycles. The van der Waals surface area contributed by atoms with Gasteiger partial charge in [-0.2, -0.15) is 5.26 Å². The molecule has 0 aliphatic rings. The van der Waals surface area contributed by atoms with E-state index < -0.39 is 5.97 Å². The van der Waals surface area contributed by atoms with Gasteiger partial charge in [0.1, 0.15) is 11.8 Å². The lowest BCUT2D eigenvalue weighted by Crippen LogP contribution is -2.13. The number of nitrogens with zero attached hydrogens (tertiary/aromatic N) is 1. The van der Waals surface area contributed by atoms with Crippen molar-refractivity contribution in [1.82, 2.24) is 0 Å². The molecule has 0 saturated carbocycles. The largest absolute Gasteiger partial charge is 0.491 e. The summed E-state index contributed by atoms with van der Waals surface area (Å²) in [6.45, 7) is 1.79. The molecular formula is C12H12ClNO3. The number of halogens is 1. The molecule has 0 aliphatic carbocycles. The van der Waals surface area contributed by atoms with Gasteiger partial charge in [-0.25, -0.2) is 0 Å². The quantitative estimate of drug-likeness (QED) is 0.876. The van der Waals surface area contributed by atoms with Crippen LogP contribution in [-0.4, -0.2) is 17.2 Å². The molecule has 0 heterocycles. The zero-order chi connectivity index (χ0) is 12.8. The molecule has 0 aromatic heterocycles. The molecule has 0 bridgehead atoms. The van der Waals surface area contributed by atoms with E-state index in [1.54, 1.807) is 25.1 Å². The summed E-state index contributed by atoms with van der Waals surface area (Å²) >= 11 is 5.84. The van der Waals surface area contributed by atoms with Crippen LogP contribution in [0.15, 0.2) is 18.2 Å². The first-order chi connectivity index (χ1) is 8.02. The van der Waals surface area contributed by atoms with Crippen LogP contribution >= 0.6 is 11.6 Å². The summed E-state index contributed by atoms with van der Waals surface area (Å²) in [6.07, 6.45) is 0.271. The van der Waals surface area contributed by atoms with E-state index in [2.05, 4.69) is 0 Å². The smallest absolute Gasteiger partial charge is 0.303 e. The van der Waals surface area contributed by atoms with Crippen LogP contribution < -0.4 is 4.74 Å². The molecule has 0 radical (unpaired) electrons. The lowest BCUT2D eigenvalue weighted by molar-refractivity contribution is -0.137. The Labute approximate surface area is 104 Å². The van der Waals surface area contributed by atoms with E-state index in [4.69, 9.17) is 26.7 Å². The number of ether oxygens (including phenoxy) is 1. The van der Waals surface area contributed by atoms with Crippen molar-refractivity contribution in [3.63, 3.8) is 0 Å². The first-order valence-corrected chi connectivity index (χ1v) is 5.49. The van der Waals surface area contributed by atoms with Gasteiger partial charge in [-0.3, -0.25) is 4.79 Å². The molecule has 90 valence electrons. The lowest BCUT2D eigenvalue weighted by Gasteiger charge is -2.13. The summed E-state index contributed by atoms with van der Waals surface area (Å²) in [5, 5.41) is 17.6. The van der Waals surface area contributed by atoms with Crippen LogP contribution in [0.2, 0.25) is 5.02 Å². The third kappa shape index (κ3) is 4.33. The van der Waals surface area contributed by atoms with Gasteiger partial charge >= 0.3 is 5.97 Å². The second-order valence-corrected chi connectivity index (χ2v) is 4.02. The van der Waals surface area contributed by atoms with E-state index in [9.17, 15) is 4.79 Å². The highest BCUT2D eigenvalue weighted by atomic mass is 35.5. The topological polar surface area (TPSA) is 70.3 Å². The van der Waals surface area contributed by atoms with Crippen LogP contribution in [0.1, 0.15) is 25.3 Å². The fourth-order valence-electron chi connectivity index (χ4n) is 1.28. The van der Waals surface area contributed by atoms with Crippen LogP contribution in [-0.2, 0) is 4.79 Å². The van der Waals surface area contributed by atoms with Crippen LogP contribution in [0, 0.1) is 11.3 Å². The summed E-state index contributed by atoms with van der Waals surface area (Å²) in [6, 6.07) is 6.72. The molecule has 1 aromatic carbocycles. The fourth-order valence-corrected chi connectivity index (χ4v) is 1.49. The Morgan fingerprint density at radius 1 is 1.65 bits per heavy atom. The van der Waals surface area contributed by atoms with Crippen LogP contribution in [0.5, 0.6) is 5.75 Å². The van der Waals surface area contributed by atoms with Crippen molar-refractivity contribution in [3.05, 3.63) is 28.8 Å². The molecular weight excluding hydrogens is 242 g/mol. The predicted octanol–water partition coefficient (Wildman–Crippen LogP) is 2.84. The maximum absolute atomic E-state index is 10.4. The van der Waals surface area contributed by atoms with Crippen molar-refractivity contribution in [2.24, 2.45) is 0 Å². The first-order valence-electron chi connectivity index (χ1n) is 5.11. The van der Waals surface area contributed by atoms with Gasteiger partial charge in [0.05, 0.1) is 16.7 Å². The molecule has 0 fully saturated rings. The van der Waals surface area contributed by atoms with E-state index in [1.165, 1.54) is 0 Å². The summed E-state index contributed by atoms with van der Waals surface area (Å²) in [5.41, 5.74) is 0.386. The summed E-state index contributed by atoms with van der Waals surface area (Å²) in [4.78, 5) is 10.4. The monoisotopic (exact) mass is 253 g/mol. The molecule has 17 heavy (non-hydrogen) atoms. The number of rotatable bonds is 5. The van der Waals surface area contributed by atoms with Gasteiger partial charge in [-0.05, 0) is 25.5 Å². The average molecular weight is 254 g/mol. The van der Waals surface area contributed by atoms with E-state index in [1.807, 2.05) is 6.07 Å². The Kier molecular flexibility index (Phi) is 4.80. The van der Waals surface area contributed by atoms with E-state index in [0.29, 0.717) is 22.8 Å². The minimum absolute atomic E-state index is 0.0607. The third-order valence-corrected chi connectivity index (χ3v) is 2.48. The van der Waals surface area contributed by atoms with Crippen molar-refractivity contribution in [2.45, 2.75) is 25.9 Å². The highest BCUT2D eigenvalue weighted by molar-refractivity contribution is 6.31. The van der Waals surface area contributed by atoms with Gasteiger partial charge in [-0.15, -0.1) is 0 Å². The van der Waals surface area contributed by atoms with Gasteiger partial charge < -0.3 is 9.84 Å². The Bertz CT molecular complexity index is 454. The van der Waals surface area contributed by atoms with E-state index >= 15 is 0 Å². The molecule has 0 spiro atoms. The molecule has 0 aliphatic heterocycles. The van der Waals surface area contributed by atoms with Crippen molar-refractivity contribution in [1.29, 1.82) is 5.26 Å². The molecule has 1 atom stereocenters. The Balaban J connectivity index is 2.60. The number of benzene rings is 1. The molecule has 0 amide bonds. The second-order valence-electron chi connectivity index (χ2n) is 3.61. The number of carboxylic acids is 1. The minimum atomic E-state index is -0.849. The minimum Gasteiger partial charge on any atom is -0.491 e. The normalized spacial score (nSPS) is 11.6. The van der Waals surface area contributed by atoms with E-state index in [-0.39, 0.29) is 12.5 Å². The molecule has 1 unspecified atom stereocenters. The second kappa shape index (κ2) is 6.12. The SMILES string of the molecule is CC(CCC(=O)O)Oc1ccc(C#N)c(Cl)c1. The maximum atomic E-state index is 10.4. The van der Waals surface area contributed by atoms with Gasteiger partial charge in [0.15, 0.2) is 0 Å². The van der Waals surface area contributed by atoms with Crippen molar-refractivity contribution < 1.29 is 14.6 Å².